The van der Waals surface area contributed by atoms with Crippen LogP contribution in [0.5, 0.6) is 23.0 Å². The van der Waals surface area contributed by atoms with Gasteiger partial charge in [0.05, 0.1) is 35.5 Å². The largest absolute Gasteiger partial charge is 0.491 e. The number of aromatic nitrogens is 4. The van der Waals surface area contributed by atoms with Gasteiger partial charge in [-0.25, -0.2) is 0 Å². The van der Waals surface area contributed by atoms with E-state index in [9.17, 15) is 5.11 Å². The quantitative estimate of drug-likeness (QED) is 0.100. The maximum absolute atomic E-state index is 9.32. The van der Waals surface area contributed by atoms with Gasteiger partial charge in [0, 0.05) is 22.3 Å². The zero-order valence-corrected chi connectivity index (χ0v) is 34.9. The lowest BCUT2D eigenvalue weighted by molar-refractivity contribution is -0.141. The molecule has 312 valence electrons. The topological polar surface area (TPSA) is 174 Å². The molecule has 0 amide bonds. The molecule has 2 aromatic heterocycles. The lowest BCUT2D eigenvalue weighted by atomic mass is 10.2. The Balaban J connectivity index is 0.000000199. The Kier molecular flexibility index (Phi) is 14.5. The highest BCUT2D eigenvalue weighted by Crippen LogP contribution is 2.33. The minimum absolute atomic E-state index is 0.0117. The van der Waals surface area contributed by atoms with E-state index in [4.69, 9.17) is 65.8 Å². The molecule has 16 heteroatoms. The lowest BCUT2D eigenvalue weighted by Gasteiger charge is -2.17. The third kappa shape index (κ3) is 12.2. The summed E-state index contributed by atoms with van der Waals surface area (Å²) in [6.07, 6.45) is -0.934. The molecule has 1 saturated heterocycles. The van der Waals surface area contributed by atoms with Crippen LogP contribution in [0.15, 0.2) is 94.0 Å². The van der Waals surface area contributed by atoms with E-state index in [1.54, 1.807) is 48.5 Å². The number of aliphatic hydroxyl groups is 2. The summed E-state index contributed by atoms with van der Waals surface area (Å²) in [7, 11) is 0. The van der Waals surface area contributed by atoms with Gasteiger partial charge in [-0.15, -0.1) is 0 Å². The summed E-state index contributed by atoms with van der Waals surface area (Å²) >= 11 is 12.6. The van der Waals surface area contributed by atoms with Gasteiger partial charge in [0.25, 0.3) is 11.8 Å². The molecular formula is C43H46Cl2N4O10. The van der Waals surface area contributed by atoms with Crippen molar-refractivity contribution < 1.29 is 47.7 Å². The maximum Gasteiger partial charge on any atom is 0.258 e. The molecule has 1 fully saturated rings. The van der Waals surface area contributed by atoms with Gasteiger partial charge in [0.15, 0.2) is 5.79 Å². The zero-order valence-electron chi connectivity index (χ0n) is 33.4. The van der Waals surface area contributed by atoms with Gasteiger partial charge in [-0.1, -0.05) is 33.5 Å². The highest BCUT2D eigenvalue weighted by molar-refractivity contribution is 6.32. The number of hydrogen-bond donors (Lipinski definition) is 2. The summed E-state index contributed by atoms with van der Waals surface area (Å²) in [4.78, 5) is 8.89. The van der Waals surface area contributed by atoms with Crippen LogP contribution in [0.1, 0.15) is 41.5 Å². The van der Waals surface area contributed by atoms with E-state index in [1.807, 2.05) is 77.9 Å². The fourth-order valence-electron chi connectivity index (χ4n) is 5.56. The molecular weight excluding hydrogens is 803 g/mol. The van der Waals surface area contributed by atoms with Crippen molar-refractivity contribution in [3.05, 3.63) is 95.0 Å². The van der Waals surface area contributed by atoms with Crippen molar-refractivity contribution in [2.75, 3.05) is 26.4 Å². The zero-order chi connectivity index (χ0) is 42.1. The third-order valence-corrected chi connectivity index (χ3v) is 8.91. The normalized spacial score (nSPS) is 15.2. The first-order valence-electron chi connectivity index (χ1n) is 18.9. The Labute approximate surface area is 351 Å². The summed E-state index contributed by atoms with van der Waals surface area (Å²) in [5.41, 5.74) is 2.98. The van der Waals surface area contributed by atoms with Gasteiger partial charge in [-0.3, -0.25) is 0 Å². The van der Waals surface area contributed by atoms with Crippen LogP contribution >= 0.6 is 23.2 Å². The monoisotopic (exact) mass is 848 g/mol. The minimum atomic E-state index is -0.915. The first-order chi connectivity index (χ1) is 28.2. The molecule has 14 nitrogen and oxygen atoms in total. The van der Waals surface area contributed by atoms with Gasteiger partial charge in [0.1, 0.15) is 48.4 Å². The summed E-state index contributed by atoms with van der Waals surface area (Å²) < 4.78 is 44.5. The summed E-state index contributed by atoms with van der Waals surface area (Å²) in [5.74, 6) is 3.59. The molecule has 0 aliphatic carbocycles. The molecule has 0 spiro atoms. The van der Waals surface area contributed by atoms with Gasteiger partial charge < -0.3 is 47.7 Å². The van der Waals surface area contributed by atoms with Crippen molar-refractivity contribution in [2.24, 2.45) is 0 Å². The standard InChI is InChI=1S/C23H25ClN2O5.C20H21ClN2O5/c1-14(2)29-20-10-7-16(11-19(20)24)21-25-22(31-26-21)15-5-8-17(9-6-15)27-12-18-13-28-23(3,4)30-18;1-12(2)27-18-8-5-14(9-17(18)21)19-22-20(28-23-19)13-3-6-16(7-4-13)26-11-15(25)10-24/h5-11,14,18H,12-13H2,1-4H3;3-9,12,15,24-25H,10-11H2,1-2H3/t18-;15-/m10/s1. The Morgan fingerprint density at radius 3 is 1.56 bits per heavy atom. The van der Waals surface area contributed by atoms with Crippen molar-refractivity contribution in [2.45, 2.75) is 71.7 Å². The average molecular weight is 850 g/mol. The van der Waals surface area contributed by atoms with Gasteiger partial charge >= 0.3 is 0 Å². The molecule has 2 N–H and O–H groups in total. The number of aliphatic hydroxyl groups excluding tert-OH is 2. The third-order valence-electron chi connectivity index (χ3n) is 8.32. The van der Waals surface area contributed by atoms with Crippen LogP contribution < -0.4 is 18.9 Å². The molecule has 59 heavy (non-hydrogen) atoms. The van der Waals surface area contributed by atoms with E-state index in [-0.39, 0.29) is 31.5 Å². The fourth-order valence-corrected chi connectivity index (χ4v) is 6.01. The molecule has 7 rings (SSSR count). The van der Waals surface area contributed by atoms with Crippen LogP contribution in [-0.4, -0.2) is 87.1 Å². The van der Waals surface area contributed by atoms with Crippen LogP contribution in [0.25, 0.3) is 45.7 Å². The lowest BCUT2D eigenvalue weighted by Crippen LogP contribution is -2.25. The maximum atomic E-state index is 9.32. The molecule has 1 aliphatic heterocycles. The number of nitrogens with zero attached hydrogens (tertiary/aromatic N) is 4. The molecule has 6 aromatic rings. The first-order valence-corrected chi connectivity index (χ1v) is 19.7. The molecule has 1 aliphatic rings. The highest BCUT2D eigenvalue weighted by Gasteiger charge is 2.33. The summed E-state index contributed by atoms with van der Waals surface area (Å²) in [6, 6.07) is 25.2. The van der Waals surface area contributed by atoms with Gasteiger partial charge in [-0.2, -0.15) is 9.97 Å². The average Bonchev–Trinajstić information content (AvgIpc) is 3.99. The highest BCUT2D eigenvalue weighted by atomic mass is 35.5. The summed E-state index contributed by atoms with van der Waals surface area (Å²) in [6.45, 7) is 12.1. The smallest absolute Gasteiger partial charge is 0.258 e. The predicted molar refractivity (Wildman–Crippen MR) is 221 cm³/mol. The van der Waals surface area contributed by atoms with E-state index < -0.39 is 11.9 Å². The minimum Gasteiger partial charge on any atom is -0.491 e. The molecule has 0 bridgehead atoms. The molecule has 0 radical (unpaired) electrons. The molecule has 4 aromatic carbocycles. The van der Waals surface area contributed by atoms with Crippen LogP contribution in [0.4, 0.5) is 0 Å². The molecule has 0 unspecified atom stereocenters. The number of rotatable bonds is 15. The first kappa shape index (κ1) is 43.4. The van der Waals surface area contributed by atoms with Crippen molar-refractivity contribution >= 4 is 23.2 Å². The van der Waals surface area contributed by atoms with E-state index >= 15 is 0 Å². The van der Waals surface area contributed by atoms with Crippen molar-refractivity contribution in [3.63, 3.8) is 0 Å². The van der Waals surface area contributed by atoms with Crippen LogP contribution in [0.2, 0.25) is 10.0 Å². The van der Waals surface area contributed by atoms with E-state index in [0.29, 0.717) is 69.5 Å². The number of ether oxygens (including phenoxy) is 6. The van der Waals surface area contributed by atoms with Crippen molar-refractivity contribution in [1.82, 2.24) is 20.3 Å². The molecule has 3 heterocycles. The van der Waals surface area contributed by atoms with Crippen molar-refractivity contribution in [1.29, 1.82) is 0 Å². The molecule has 0 saturated carbocycles. The molecule has 2 atom stereocenters. The predicted octanol–water partition coefficient (Wildman–Crippen LogP) is 8.95. The number of hydrogen-bond acceptors (Lipinski definition) is 14. The SMILES string of the molecule is CC(C)Oc1ccc(-c2noc(-c3ccc(OC[C@@H](O)CO)cc3)n2)cc1Cl.CC(C)Oc1ccc(-c2noc(-c3ccc(OC[C@@H]4COC(C)(C)O4)cc3)n2)cc1Cl. The van der Waals surface area contributed by atoms with Crippen LogP contribution in [0.3, 0.4) is 0 Å². The van der Waals surface area contributed by atoms with E-state index in [0.717, 1.165) is 22.4 Å². The van der Waals surface area contributed by atoms with Crippen LogP contribution in [-0.2, 0) is 9.47 Å². The van der Waals surface area contributed by atoms with Crippen LogP contribution in [0, 0.1) is 0 Å². The van der Waals surface area contributed by atoms with Gasteiger partial charge in [-0.05, 0) is 126 Å². The second-order valence-corrected chi connectivity index (χ2v) is 15.2. The van der Waals surface area contributed by atoms with Crippen molar-refractivity contribution in [3.8, 4) is 68.7 Å². The second-order valence-electron chi connectivity index (χ2n) is 14.4. The number of benzene rings is 4. The number of halogens is 2. The second kappa shape index (κ2) is 19.7. The fraction of sp³-hybridized carbons (Fsp3) is 0.349. The summed E-state index contributed by atoms with van der Waals surface area (Å²) in [5, 5.41) is 27.2. The van der Waals surface area contributed by atoms with E-state index in [1.165, 1.54) is 0 Å². The van der Waals surface area contributed by atoms with E-state index in [2.05, 4.69) is 20.3 Å². The Hall–Kier alpha value is -5.22. The Morgan fingerprint density at radius 1 is 0.695 bits per heavy atom. The Morgan fingerprint density at radius 2 is 1.15 bits per heavy atom. The Bertz CT molecular complexity index is 2260. The van der Waals surface area contributed by atoms with Gasteiger partial charge in [0.2, 0.25) is 11.6 Å².